The number of benzene rings is 1. The first kappa shape index (κ1) is 12.7. The van der Waals surface area contributed by atoms with Crippen LogP contribution in [0, 0.1) is 5.92 Å². The summed E-state index contributed by atoms with van der Waals surface area (Å²) in [6.07, 6.45) is 6.71. The minimum absolute atomic E-state index is 0.689. The molecule has 1 atom stereocenters. The Morgan fingerprint density at radius 3 is 2.72 bits per heavy atom. The molecule has 1 heterocycles. The summed E-state index contributed by atoms with van der Waals surface area (Å²) in [4.78, 5) is 2.73. The quantitative estimate of drug-likeness (QED) is 0.735. The van der Waals surface area contributed by atoms with Crippen molar-refractivity contribution in [2.24, 2.45) is 5.92 Å². The maximum Gasteiger partial charge on any atom is 0.0350 e. The van der Waals surface area contributed by atoms with Gasteiger partial charge in [-0.25, -0.2) is 0 Å². The molecule has 2 aliphatic rings. The summed E-state index contributed by atoms with van der Waals surface area (Å²) >= 11 is 3.60. The van der Waals surface area contributed by atoms with Crippen LogP contribution in [0.4, 0.5) is 0 Å². The first-order valence-corrected chi connectivity index (χ1v) is 8.05. The summed E-state index contributed by atoms with van der Waals surface area (Å²) in [6.45, 7) is 4.98. The van der Waals surface area contributed by atoms with E-state index in [0.29, 0.717) is 6.04 Å². The predicted octanol–water partition coefficient (Wildman–Crippen LogP) is 4.56. The average molecular weight is 308 g/mol. The van der Waals surface area contributed by atoms with Gasteiger partial charge in [-0.15, -0.1) is 0 Å². The van der Waals surface area contributed by atoms with E-state index in [1.165, 1.54) is 49.7 Å². The van der Waals surface area contributed by atoms with Crippen LogP contribution in [-0.2, 0) is 6.42 Å². The van der Waals surface area contributed by atoms with Gasteiger partial charge in [0, 0.05) is 10.5 Å². The summed E-state index contributed by atoms with van der Waals surface area (Å²) in [5.41, 5.74) is 3.17. The number of nitrogens with zero attached hydrogens (tertiary/aromatic N) is 1. The Morgan fingerprint density at radius 1 is 1.17 bits per heavy atom. The molecule has 0 radical (unpaired) electrons. The standard InChI is InChI=1S/C16H22BrN/c1-12-7-9-18(10-8-12)16-4-2-3-13-11-14(17)5-6-15(13)16/h5-6,11-12,16H,2-4,7-10H2,1H3. The fourth-order valence-electron chi connectivity index (χ4n) is 3.48. The molecule has 1 saturated heterocycles. The molecule has 1 unspecified atom stereocenters. The van der Waals surface area contributed by atoms with Crippen molar-refractivity contribution in [3.63, 3.8) is 0 Å². The van der Waals surface area contributed by atoms with Crippen molar-refractivity contribution in [3.8, 4) is 0 Å². The van der Waals surface area contributed by atoms with Crippen LogP contribution in [0.2, 0.25) is 0 Å². The molecular formula is C16H22BrN. The lowest BCUT2D eigenvalue weighted by Gasteiger charge is -2.39. The zero-order valence-electron chi connectivity index (χ0n) is 11.2. The van der Waals surface area contributed by atoms with Gasteiger partial charge in [-0.1, -0.05) is 28.9 Å². The Balaban J connectivity index is 1.82. The van der Waals surface area contributed by atoms with Crippen LogP contribution in [0.1, 0.15) is 49.8 Å². The molecule has 98 valence electrons. The van der Waals surface area contributed by atoms with E-state index in [1.54, 1.807) is 11.1 Å². The molecular weight excluding hydrogens is 286 g/mol. The summed E-state index contributed by atoms with van der Waals surface area (Å²) < 4.78 is 1.23. The zero-order chi connectivity index (χ0) is 12.5. The Bertz CT molecular complexity index is 421. The lowest BCUT2D eigenvalue weighted by Crippen LogP contribution is -2.37. The van der Waals surface area contributed by atoms with Crippen molar-refractivity contribution >= 4 is 15.9 Å². The summed E-state index contributed by atoms with van der Waals surface area (Å²) in [6, 6.07) is 7.58. The number of hydrogen-bond acceptors (Lipinski definition) is 1. The summed E-state index contributed by atoms with van der Waals surface area (Å²) in [5, 5.41) is 0. The lowest BCUT2D eigenvalue weighted by atomic mass is 9.85. The Morgan fingerprint density at radius 2 is 1.94 bits per heavy atom. The van der Waals surface area contributed by atoms with Crippen molar-refractivity contribution in [1.82, 2.24) is 4.90 Å². The molecule has 1 aromatic rings. The lowest BCUT2D eigenvalue weighted by molar-refractivity contribution is 0.125. The van der Waals surface area contributed by atoms with E-state index in [1.807, 2.05) is 0 Å². The van der Waals surface area contributed by atoms with Gasteiger partial charge in [0.15, 0.2) is 0 Å². The second-order valence-corrected chi connectivity index (χ2v) is 6.89. The monoisotopic (exact) mass is 307 g/mol. The normalized spacial score (nSPS) is 26.0. The fraction of sp³-hybridized carbons (Fsp3) is 0.625. The minimum Gasteiger partial charge on any atom is -0.296 e. The van der Waals surface area contributed by atoms with Crippen molar-refractivity contribution in [1.29, 1.82) is 0 Å². The van der Waals surface area contributed by atoms with E-state index in [0.717, 1.165) is 5.92 Å². The van der Waals surface area contributed by atoms with E-state index in [9.17, 15) is 0 Å². The molecule has 0 aromatic heterocycles. The van der Waals surface area contributed by atoms with Crippen molar-refractivity contribution in [2.75, 3.05) is 13.1 Å². The molecule has 0 saturated carbocycles. The number of piperidine rings is 1. The molecule has 0 spiro atoms. The molecule has 18 heavy (non-hydrogen) atoms. The summed E-state index contributed by atoms with van der Waals surface area (Å²) in [7, 11) is 0. The van der Waals surface area contributed by atoms with Gasteiger partial charge in [-0.2, -0.15) is 0 Å². The van der Waals surface area contributed by atoms with Crippen LogP contribution in [0.5, 0.6) is 0 Å². The smallest absolute Gasteiger partial charge is 0.0350 e. The van der Waals surface area contributed by atoms with Gasteiger partial charge in [-0.3, -0.25) is 4.90 Å². The van der Waals surface area contributed by atoms with E-state index in [-0.39, 0.29) is 0 Å². The van der Waals surface area contributed by atoms with E-state index < -0.39 is 0 Å². The first-order chi connectivity index (χ1) is 8.74. The third-order valence-electron chi connectivity index (χ3n) is 4.65. The molecule has 0 bridgehead atoms. The fourth-order valence-corrected chi connectivity index (χ4v) is 3.89. The Kier molecular flexibility index (Phi) is 3.76. The van der Waals surface area contributed by atoms with Crippen molar-refractivity contribution in [2.45, 2.75) is 45.1 Å². The SMILES string of the molecule is CC1CCN(C2CCCc3cc(Br)ccc32)CC1. The van der Waals surface area contributed by atoms with Crippen LogP contribution in [0.25, 0.3) is 0 Å². The van der Waals surface area contributed by atoms with Gasteiger partial charge in [0.05, 0.1) is 0 Å². The van der Waals surface area contributed by atoms with Gasteiger partial charge in [0.25, 0.3) is 0 Å². The molecule has 1 aromatic carbocycles. The van der Waals surface area contributed by atoms with Gasteiger partial charge in [0.2, 0.25) is 0 Å². The van der Waals surface area contributed by atoms with Crippen LogP contribution in [0.15, 0.2) is 22.7 Å². The van der Waals surface area contributed by atoms with Crippen LogP contribution >= 0.6 is 15.9 Å². The largest absolute Gasteiger partial charge is 0.296 e. The maximum atomic E-state index is 3.60. The third-order valence-corrected chi connectivity index (χ3v) is 5.14. The topological polar surface area (TPSA) is 3.24 Å². The van der Waals surface area contributed by atoms with Gasteiger partial charge >= 0.3 is 0 Å². The van der Waals surface area contributed by atoms with Crippen molar-refractivity contribution < 1.29 is 0 Å². The van der Waals surface area contributed by atoms with Crippen molar-refractivity contribution in [3.05, 3.63) is 33.8 Å². The first-order valence-electron chi connectivity index (χ1n) is 7.26. The molecule has 2 heteroatoms. The Hall–Kier alpha value is -0.340. The highest BCUT2D eigenvalue weighted by atomic mass is 79.9. The van der Waals surface area contributed by atoms with E-state index in [4.69, 9.17) is 0 Å². The molecule has 3 rings (SSSR count). The zero-order valence-corrected chi connectivity index (χ0v) is 12.7. The highest BCUT2D eigenvalue weighted by molar-refractivity contribution is 9.10. The second-order valence-electron chi connectivity index (χ2n) is 5.97. The number of aryl methyl sites for hydroxylation is 1. The number of likely N-dealkylation sites (tertiary alicyclic amines) is 1. The average Bonchev–Trinajstić information content (AvgIpc) is 2.38. The van der Waals surface area contributed by atoms with E-state index in [2.05, 4.69) is 46.0 Å². The Labute approximate surface area is 119 Å². The molecule has 1 fully saturated rings. The highest BCUT2D eigenvalue weighted by Crippen LogP contribution is 2.37. The molecule has 0 amide bonds. The predicted molar refractivity (Wildman–Crippen MR) is 79.8 cm³/mol. The summed E-state index contributed by atoms with van der Waals surface area (Å²) in [5.74, 6) is 0.925. The molecule has 1 nitrogen and oxygen atoms in total. The minimum atomic E-state index is 0.689. The number of hydrogen-bond donors (Lipinski definition) is 0. The third kappa shape index (κ3) is 2.50. The number of rotatable bonds is 1. The van der Waals surface area contributed by atoms with E-state index >= 15 is 0 Å². The molecule has 1 aliphatic heterocycles. The molecule has 1 aliphatic carbocycles. The second kappa shape index (κ2) is 5.34. The van der Waals surface area contributed by atoms with Gasteiger partial charge in [-0.05, 0) is 74.4 Å². The highest BCUT2D eigenvalue weighted by Gasteiger charge is 2.28. The van der Waals surface area contributed by atoms with Crippen LogP contribution in [0.3, 0.4) is 0 Å². The van der Waals surface area contributed by atoms with Gasteiger partial charge in [0.1, 0.15) is 0 Å². The number of fused-ring (bicyclic) bond motifs is 1. The van der Waals surface area contributed by atoms with Crippen LogP contribution < -0.4 is 0 Å². The van der Waals surface area contributed by atoms with Crippen LogP contribution in [-0.4, -0.2) is 18.0 Å². The maximum absolute atomic E-state index is 3.60. The van der Waals surface area contributed by atoms with Gasteiger partial charge < -0.3 is 0 Å². The number of halogens is 1. The molecule has 0 N–H and O–H groups in total.